The third-order valence-corrected chi connectivity index (χ3v) is 2.46. The molecule has 0 fully saturated rings. The van der Waals surface area contributed by atoms with E-state index in [1.807, 2.05) is 0 Å². The number of hydrogen-bond acceptors (Lipinski definition) is 1. The van der Waals surface area contributed by atoms with Crippen LogP contribution in [0.1, 0.15) is 26.7 Å². The van der Waals surface area contributed by atoms with Gasteiger partial charge in [-0.3, -0.25) is 0 Å². The molecule has 0 aliphatic carbocycles. The van der Waals surface area contributed by atoms with E-state index in [0.29, 0.717) is 5.57 Å². The third kappa shape index (κ3) is 5.75. The van der Waals surface area contributed by atoms with Gasteiger partial charge in [0.05, 0.1) is 0 Å². The topological polar surface area (TPSA) is 12.0 Å². The first-order chi connectivity index (χ1) is 8.00. The van der Waals surface area contributed by atoms with Crippen molar-refractivity contribution in [1.29, 1.82) is 0 Å². The Labute approximate surface area is 102 Å². The summed E-state index contributed by atoms with van der Waals surface area (Å²) in [5.41, 5.74) is 0.556. The standard InChI is InChI=1S/C11H17F6N/c1-4-18-8(6-5-7(2)3)9(10(12,13)14)11(15,16)17/h8-9,18H,2,4-6H2,1,3H3. The van der Waals surface area contributed by atoms with Crippen molar-refractivity contribution in [2.45, 2.75) is 45.1 Å². The lowest BCUT2D eigenvalue weighted by Crippen LogP contribution is -2.51. The number of nitrogens with one attached hydrogen (secondary N) is 1. The molecule has 1 unspecified atom stereocenters. The van der Waals surface area contributed by atoms with Crippen LogP contribution in [0.5, 0.6) is 0 Å². The molecular formula is C11H17F6N. The molecule has 0 aromatic heterocycles. The van der Waals surface area contributed by atoms with Gasteiger partial charge in [-0.05, 0) is 26.3 Å². The molecule has 0 saturated heterocycles. The van der Waals surface area contributed by atoms with E-state index in [2.05, 4.69) is 11.9 Å². The van der Waals surface area contributed by atoms with Gasteiger partial charge in [0.2, 0.25) is 0 Å². The third-order valence-electron chi connectivity index (χ3n) is 2.46. The Morgan fingerprint density at radius 3 is 1.83 bits per heavy atom. The molecule has 0 spiro atoms. The summed E-state index contributed by atoms with van der Waals surface area (Å²) in [7, 11) is 0. The Bertz CT molecular complexity index is 254. The maximum atomic E-state index is 12.5. The molecule has 1 N–H and O–H groups in total. The fourth-order valence-electron chi connectivity index (χ4n) is 1.69. The van der Waals surface area contributed by atoms with Crippen molar-refractivity contribution in [2.24, 2.45) is 5.92 Å². The SMILES string of the molecule is C=C(C)CCC(NCC)C(C(F)(F)F)C(F)(F)F. The molecule has 1 atom stereocenters. The van der Waals surface area contributed by atoms with E-state index in [1.165, 1.54) is 6.92 Å². The van der Waals surface area contributed by atoms with Crippen molar-refractivity contribution in [2.75, 3.05) is 6.54 Å². The van der Waals surface area contributed by atoms with Gasteiger partial charge in [0, 0.05) is 6.04 Å². The van der Waals surface area contributed by atoms with Gasteiger partial charge in [-0.2, -0.15) is 26.3 Å². The second-order valence-corrected chi connectivity index (χ2v) is 4.22. The molecule has 0 aromatic rings. The van der Waals surface area contributed by atoms with Crippen LogP contribution >= 0.6 is 0 Å². The summed E-state index contributed by atoms with van der Waals surface area (Å²) >= 11 is 0. The van der Waals surface area contributed by atoms with Crippen LogP contribution in [0.2, 0.25) is 0 Å². The molecule has 18 heavy (non-hydrogen) atoms. The van der Waals surface area contributed by atoms with Crippen molar-refractivity contribution in [3.8, 4) is 0 Å². The number of halogens is 6. The summed E-state index contributed by atoms with van der Waals surface area (Å²) in [6, 6.07) is -1.67. The van der Waals surface area contributed by atoms with Gasteiger partial charge in [0.1, 0.15) is 0 Å². The lowest BCUT2D eigenvalue weighted by Gasteiger charge is -2.31. The van der Waals surface area contributed by atoms with Crippen molar-refractivity contribution in [3.63, 3.8) is 0 Å². The van der Waals surface area contributed by atoms with Gasteiger partial charge in [-0.1, -0.05) is 12.5 Å². The Balaban J connectivity index is 5.04. The minimum absolute atomic E-state index is 0.0452. The summed E-state index contributed by atoms with van der Waals surface area (Å²) in [4.78, 5) is 0. The number of rotatable bonds is 6. The second kappa shape index (κ2) is 6.45. The number of allylic oxidation sites excluding steroid dienone is 1. The Morgan fingerprint density at radius 2 is 1.56 bits per heavy atom. The number of hydrogen-bond donors (Lipinski definition) is 1. The zero-order chi connectivity index (χ0) is 14.6. The first kappa shape index (κ1) is 17.3. The van der Waals surface area contributed by atoms with Crippen molar-refractivity contribution >= 4 is 0 Å². The van der Waals surface area contributed by atoms with E-state index in [1.54, 1.807) is 6.92 Å². The molecule has 7 heteroatoms. The van der Waals surface area contributed by atoms with Crippen LogP contribution in [0.3, 0.4) is 0 Å². The van der Waals surface area contributed by atoms with Gasteiger partial charge in [-0.25, -0.2) is 0 Å². The monoisotopic (exact) mass is 277 g/mol. The highest BCUT2D eigenvalue weighted by molar-refractivity contribution is 4.93. The van der Waals surface area contributed by atoms with Gasteiger partial charge in [0.25, 0.3) is 0 Å². The highest BCUT2D eigenvalue weighted by Crippen LogP contribution is 2.42. The molecule has 0 heterocycles. The first-order valence-corrected chi connectivity index (χ1v) is 5.51. The summed E-state index contributed by atoms with van der Waals surface area (Å²) in [6.07, 6.45) is -10.7. The quantitative estimate of drug-likeness (QED) is 0.570. The van der Waals surface area contributed by atoms with E-state index in [4.69, 9.17) is 0 Å². The van der Waals surface area contributed by atoms with E-state index in [0.717, 1.165) is 0 Å². The molecule has 0 radical (unpaired) electrons. The summed E-state index contributed by atoms with van der Waals surface area (Å²) in [6.45, 7) is 6.56. The average molecular weight is 277 g/mol. The highest BCUT2D eigenvalue weighted by Gasteiger charge is 2.59. The van der Waals surface area contributed by atoms with Crippen LogP contribution < -0.4 is 5.32 Å². The smallest absolute Gasteiger partial charge is 0.313 e. The lowest BCUT2D eigenvalue weighted by atomic mass is 9.93. The molecule has 0 aliphatic rings. The van der Waals surface area contributed by atoms with Gasteiger partial charge in [0.15, 0.2) is 5.92 Å². The Hall–Kier alpha value is -0.720. The van der Waals surface area contributed by atoms with Gasteiger partial charge < -0.3 is 5.32 Å². The summed E-state index contributed by atoms with van der Waals surface area (Å²) < 4.78 is 75.2. The fraction of sp³-hybridized carbons (Fsp3) is 0.818. The van der Waals surface area contributed by atoms with E-state index in [-0.39, 0.29) is 19.4 Å². The van der Waals surface area contributed by atoms with Crippen molar-refractivity contribution in [3.05, 3.63) is 12.2 Å². The molecule has 0 amide bonds. The van der Waals surface area contributed by atoms with E-state index < -0.39 is 24.3 Å². The normalized spacial score (nSPS) is 14.9. The predicted molar refractivity (Wildman–Crippen MR) is 57.1 cm³/mol. The molecule has 108 valence electrons. The maximum Gasteiger partial charge on any atom is 0.401 e. The molecule has 0 bridgehead atoms. The average Bonchev–Trinajstić information content (AvgIpc) is 2.09. The van der Waals surface area contributed by atoms with Crippen LogP contribution in [-0.4, -0.2) is 24.9 Å². The van der Waals surface area contributed by atoms with E-state index in [9.17, 15) is 26.3 Å². The molecule has 0 aromatic carbocycles. The van der Waals surface area contributed by atoms with Crippen LogP contribution in [0.15, 0.2) is 12.2 Å². The Morgan fingerprint density at radius 1 is 1.11 bits per heavy atom. The lowest BCUT2D eigenvalue weighted by molar-refractivity contribution is -0.292. The van der Waals surface area contributed by atoms with Gasteiger partial charge in [-0.15, -0.1) is 6.58 Å². The molecule has 0 rings (SSSR count). The zero-order valence-corrected chi connectivity index (χ0v) is 10.3. The van der Waals surface area contributed by atoms with Crippen LogP contribution in [0, 0.1) is 5.92 Å². The van der Waals surface area contributed by atoms with Crippen LogP contribution in [0.4, 0.5) is 26.3 Å². The summed E-state index contributed by atoms with van der Waals surface area (Å²) in [5.74, 6) is -3.34. The van der Waals surface area contributed by atoms with Crippen molar-refractivity contribution in [1.82, 2.24) is 5.32 Å². The van der Waals surface area contributed by atoms with Crippen molar-refractivity contribution < 1.29 is 26.3 Å². The highest BCUT2D eigenvalue weighted by atomic mass is 19.4. The summed E-state index contributed by atoms with van der Waals surface area (Å²) in [5, 5.41) is 2.27. The fourth-order valence-corrected chi connectivity index (χ4v) is 1.69. The minimum Gasteiger partial charge on any atom is -0.313 e. The van der Waals surface area contributed by atoms with Crippen LogP contribution in [0.25, 0.3) is 0 Å². The zero-order valence-electron chi connectivity index (χ0n) is 10.3. The maximum absolute atomic E-state index is 12.5. The number of alkyl halides is 6. The van der Waals surface area contributed by atoms with Gasteiger partial charge >= 0.3 is 12.4 Å². The Kier molecular flexibility index (Phi) is 6.19. The molecule has 0 saturated carbocycles. The largest absolute Gasteiger partial charge is 0.401 e. The molecular weight excluding hydrogens is 260 g/mol. The van der Waals surface area contributed by atoms with E-state index >= 15 is 0 Å². The van der Waals surface area contributed by atoms with Crippen LogP contribution in [-0.2, 0) is 0 Å². The predicted octanol–water partition coefficient (Wildman–Crippen LogP) is 4.06. The minimum atomic E-state index is -5.31. The second-order valence-electron chi connectivity index (χ2n) is 4.22. The molecule has 0 aliphatic heterocycles. The first-order valence-electron chi connectivity index (χ1n) is 5.51. The molecule has 1 nitrogen and oxygen atoms in total.